The van der Waals surface area contributed by atoms with Crippen LogP contribution in [0.4, 0.5) is 11.4 Å². The number of rotatable bonds is 3. The van der Waals surface area contributed by atoms with Gasteiger partial charge >= 0.3 is 0 Å². The summed E-state index contributed by atoms with van der Waals surface area (Å²) in [6, 6.07) is 15.3. The molecule has 0 atom stereocenters. The van der Waals surface area contributed by atoms with E-state index in [0.717, 1.165) is 34.6 Å². The minimum atomic E-state index is -0.148. The van der Waals surface area contributed by atoms with Crippen LogP contribution in [0.2, 0.25) is 0 Å². The number of nitrogens with zero attached hydrogens (tertiary/aromatic N) is 2. The van der Waals surface area contributed by atoms with Crippen LogP contribution in [0.5, 0.6) is 0 Å². The Balaban J connectivity index is 1.57. The third-order valence-electron chi connectivity index (χ3n) is 4.97. The van der Waals surface area contributed by atoms with Crippen LogP contribution in [0.1, 0.15) is 28.4 Å². The highest BCUT2D eigenvalue weighted by atomic mass is 16.2. The minimum absolute atomic E-state index is 0.0442. The lowest BCUT2D eigenvalue weighted by Crippen LogP contribution is -2.25. The number of aryl methyl sites for hydroxylation is 1. The Morgan fingerprint density at radius 3 is 2.52 bits per heavy atom. The summed E-state index contributed by atoms with van der Waals surface area (Å²) in [5.74, 6) is -0.104. The molecule has 0 fully saturated rings. The standard InChI is InChI=1S/C22H21N3O2/c1-15-5-6-18(14-21(15)24-10-3-4-11-24)22(27)23-19-7-8-20-17(13-19)9-12-25(20)16(2)26/h3-8,10-11,13-14H,9,12H2,1-2H3,(H,23,27). The zero-order chi connectivity index (χ0) is 19.0. The fourth-order valence-electron chi connectivity index (χ4n) is 3.53. The molecule has 3 aromatic rings. The van der Waals surface area contributed by atoms with Crippen LogP contribution in [0, 0.1) is 6.92 Å². The van der Waals surface area contributed by atoms with Gasteiger partial charge in [-0.15, -0.1) is 0 Å². The molecule has 0 bridgehead atoms. The van der Waals surface area contributed by atoms with E-state index in [1.54, 1.807) is 11.8 Å². The molecule has 1 aromatic heterocycles. The Hall–Kier alpha value is -3.34. The van der Waals surface area contributed by atoms with Gasteiger partial charge in [-0.3, -0.25) is 9.59 Å². The maximum Gasteiger partial charge on any atom is 0.255 e. The Kier molecular flexibility index (Phi) is 4.28. The molecular weight excluding hydrogens is 338 g/mol. The second-order valence-electron chi connectivity index (χ2n) is 6.81. The second kappa shape index (κ2) is 6.76. The van der Waals surface area contributed by atoms with Crippen molar-refractivity contribution in [3.8, 4) is 5.69 Å². The van der Waals surface area contributed by atoms with Crippen molar-refractivity contribution in [2.24, 2.45) is 0 Å². The normalized spacial score (nSPS) is 12.7. The molecule has 1 N–H and O–H groups in total. The predicted molar refractivity (Wildman–Crippen MR) is 107 cm³/mol. The van der Waals surface area contributed by atoms with E-state index in [1.165, 1.54) is 0 Å². The second-order valence-corrected chi connectivity index (χ2v) is 6.81. The molecule has 2 aromatic carbocycles. The maximum atomic E-state index is 12.7. The Labute approximate surface area is 158 Å². The average molecular weight is 359 g/mol. The number of anilines is 2. The highest BCUT2D eigenvalue weighted by Crippen LogP contribution is 2.30. The van der Waals surface area contributed by atoms with Crippen LogP contribution < -0.4 is 10.2 Å². The molecule has 136 valence electrons. The Morgan fingerprint density at radius 1 is 1.00 bits per heavy atom. The van der Waals surface area contributed by atoms with Gasteiger partial charge in [0.25, 0.3) is 5.91 Å². The molecule has 0 aliphatic carbocycles. The fourth-order valence-corrected chi connectivity index (χ4v) is 3.53. The zero-order valence-corrected chi connectivity index (χ0v) is 15.4. The number of fused-ring (bicyclic) bond motifs is 1. The lowest BCUT2D eigenvalue weighted by molar-refractivity contribution is -0.116. The van der Waals surface area contributed by atoms with E-state index in [9.17, 15) is 9.59 Å². The number of hydrogen-bond acceptors (Lipinski definition) is 2. The third-order valence-corrected chi connectivity index (χ3v) is 4.97. The van der Waals surface area contributed by atoms with E-state index in [1.807, 2.05) is 72.4 Å². The van der Waals surface area contributed by atoms with Crippen molar-refractivity contribution < 1.29 is 9.59 Å². The van der Waals surface area contributed by atoms with E-state index in [2.05, 4.69) is 5.32 Å². The van der Waals surface area contributed by atoms with Gasteiger partial charge in [-0.2, -0.15) is 0 Å². The molecule has 0 saturated carbocycles. The molecular formula is C22H21N3O2. The number of aromatic nitrogens is 1. The van der Waals surface area contributed by atoms with E-state index in [0.29, 0.717) is 12.1 Å². The van der Waals surface area contributed by atoms with Gasteiger partial charge in [-0.1, -0.05) is 6.07 Å². The fraction of sp³-hybridized carbons (Fsp3) is 0.182. The van der Waals surface area contributed by atoms with Gasteiger partial charge in [0, 0.05) is 48.5 Å². The maximum absolute atomic E-state index is 12.7. The summed E-state index contributed by atoms with van der Waals surface area (Å²) in [5, 5.41) is 2.97. The first kappa shape index (κ1) is 17.1. The van der Waals surface area contributed by atoms with Crippen molar-refractivity contribution in [1.29, 1.82) is 0 Å². The molecule has 0 spiro atoms. The van der Waals surface area contributed by atoms with Crippen molar-refractivity contribution >= 4 is 23.2 Å². The van der Waals surface area contributed by atoms with Gasteiger partial charge in [0.05, 0.1) is 0 Å². The summed E-state index contributed by atoms with van der Waals surface area (Å²) in [5.41, 5.74) is 5.45. The van der Waals surface area contributed by atoms with Crippen molar-refractivity contribution in [1.82, 2.24) is 4.57 Å². The average Bonchev–Trinajstić information content (AvgIpc) is 3.31. The lowest BCUT2D eigenvalue weighted by Gasteiger charge is -2.15. The monoisotopic (exact) mass is 359 g/mol. The van der Waals surface area contributed by atoms with Gasteiger partial charge in [-0.05, 0) is 66.9 Å². The van der Waals surface area contributed by atoms with Crippen LogP contribution in [-0.4, -0.2) is 22.9 Å². The number of benzene rings is 2. The predicted octanol–water partition coefficient (Wildman–Crippen LogP) is 3.95. The summed E-state index contributed by atoms with van der Waals surface area (Å²) in [6.45, 7) is 4.29. The summed E-state index contributed by atoms with van der Waals surface area (Å²) in [4.78, 5) is 26.2. The summed E-state index contributed by atoms with van der Waals surface area (Å²) in [6.07, 6.45) is 4.73. The smallest absolute Gasteiger partial charge is 0.255 e. The minimum Gasteiger partial charge on any atom is -0.324 e. The molecule has 2 heterocycles. The van der Waals surface area contributed by atoms with Crippen molar-refractivity contribution in [2.75, 3.05) is 16.8 Å². The summed E-state index contributed by atoms with van der Waals surface area (Å²) >= 11 is 0. The number of nitrogens with one attached hydrogen (secondary N) is 1. The van der Waals surface area contributed by atoms with E-state index in [4.69, 9.17) is 0 Å². The van der Waals surface area contributed by atoms with Crippen LogP contribution in [0.25, 0.3) is 5.69 Å². The van der Waals surface area contributed by atoms with E-state index < -0.39 is 0 Å². The lowest BCUT2D eigenvalue weighted by atomic mass is 10.1. The van der Waals surface area contributed by atoms with Gasteiger partial charge < -0.3 is 14.8 Å². The number of hydrogen-bond donors (Lipinski definition) is 1. The van der Waals surface area contributed by atoms with Crippen LogP contribution in [0.3, 0.4) is 0 Å². The molecule has 5 nitrogen and oxygen atoms in total. The van der Waals surface area contributed by atoms with Gasteiger partial charge in [-0.25, -0.2) is 0 Å². The largest absolute Gasteiger partial charge is 0.324 e. The third kappa shape index (κ3) is 3.24. The molecule has 27 heavy (non-hydrogen) atoms. The van der Waals surface area contributed by atoms with E-state index >= 15 is 0 Å². The van der Waals surface area contributed by atoms with E-state index in [-0.39, 0.29) is 11.8 Å². The summed E-state index contributed by atoms with van der Waals surface area (Å²) < 4.78 is 2.00. The molecule has 1 aliphatic heterocycles. The molecule has 0 unspecified atom stereocenters. The molecule has 0 radical (unpaired) electrons. The number of amides is 2. The Bertz CT molecular complexity index is 1020. The zero-order valence-electron chi connectivity index (χ0n) is 15.4. The SMILES string of the molecule is CC(=O)N1CCc2cc(NC(=O)c3ccc(C)c(-n4cccc4)c3)ccc21. The first-order chi connectivity index (χ1) is 13.0. The molecule has 5 heteroatoms. The highest BCUT2D eigenvalue weighted by molar-refractivity contribution is 6.05. The number of carbonyl (C=O) groups is 2. The van der Waals surface area contributed by atoms with Crippen molar-refractivity contribution in [3.05, 3.63) is 77.6 Å². The van der Waals surface area contributed by atoms with Gasteiger partial charge in [0.15, 0.2) is 0 Å². The number of carbonyl (C=O) groups excluding carboxylic acids is 2. The molecule has 0 saturated heterocycles. The van der Waals surface area contributed by atoms with Gasteiger partial charge in [0.1, 0.15) is 0 Å². The topological polar surface area (TPSA) is 54.3 Å². The quantitative estimate of drug-likeness (QED) is 0.770. The molecule has 1 aliphatic rings. The molecule has 4 rings (SSSR count). The van der Waals surface area contributed by atoms with Crippen molar-refractivity contribution in [3.63, 3.8) is 0 Å². The van der Waals surface area contributed by atoms with Gasteiger partial charge in [0.2, 0.25) is 5.91 Å². The van der Waals surface area contributed by atoms with Crippen LogP contribution >= 0.6 is 0 Å². The first-order valence-corrected chi connectivity index (χ1v) is 8.99. The first-order valence-electron chi connectivity index (χ1n) is 8.99. The van der Waals surface area contributed by atoms with Crippen LogP contribution in [-0.2, 0) is 11.2 Å². The van der Waals surface area contributed by atoms with Crippen molar-refractivity contribution in [2.45, 2.75) is 20.3 Å². The Morgan fingerprint density at radius 2 is 1.78 bits per heavy atom. The molecule has 2 amide bonds. The summed E-state index contributed by atoms with van der Waals surface area (Å²) in [7, 11) is 0. The van der Waals surface area contributed by atoms with Crippen LogP contribution in [0.15, 0.2) is 60.9 Å². The highest BCUT2D eigenvalue weighted by Gasteiger charge is 2.22.